The van der Waals surface area contributed by atoms with E-state index in [2.05, 4.69) is 46.6 Å². The third-order valence-corrected chi connectivity index (χ3v) is 6.91. The van der Waals surface area contributed by atoms with Gasteiger partial charge in [0.05, 0.1) is 18.2 Å². The van der Waals surface area contributed by atoms with Crippen LogP contribution in [0.3, 0.4) is 0 Å². The largest absolute Gasteiger partial charge is 0.497 e. The molecule has 3 fully saturated rings. The second-order valence-corrected chi connectivity index (χ2v) is 8.96. The predicted octanol–water partition coefficient (Wildman–Crippen LogP) is 1.60. The Labute approximate surface area is 160 Å². The minimum atomic E-state index is 0.0279. The second kappa shape index (κ2) is 5.64. The Kier molecular flexibility index (Phi) is 3.54. The van der Waals surface area contributed by atoms with Crippen LogP contribution in [0.4, 0.5) is 0 Å². The van der Waals surface area contributed by atoms with Gasteiger partial charge < -0.3 is 15.0 Å². The maximum Gasteiger partial charge on any atom is 0.254 e. The van der Waals surface area contributed by atoms with E-state index in [1.807, 2.05) is 12.1 Å². The SMILES string of the molecule is COc1ccc(C23CC2CN(C(=O)C2=C4NCCC(C)(C)N4NC2)C3)cc1. The molecule has 0 spiro atoms. The van der Waals surface area contributed by atoms with E-state index in [1.165, 1.54) is 12.0 Å². The van der Waals surface area contributed by atoms with Gasteiger partial charge in [-0.1, -0.05) is 12.1 Å². The summed E-state index contributed by atoms with van der Waals surface area (Å²) in [5, 5.41) is 5.60. The number of carbonyl (C=O) groups excluding carboxylic acids is 1. The standard InChI is InChI=1S/C21H28N4O2/c1-20(2)8-9-22-18-17(11-23-25(18)20)19(26)24-12-15-10-21(15,13-24)14-4-6-16(27-3)7-5-14/h4-7,15,22-23H,8-13H2,1-3H3. The van der Waals surface area contributed by atoms with Crippen LogP contribution in [0.15, 0.2) is 35.7 Å². The molecule has 0 radical (unpaired) electrons. The summed E-state index contributed by atoms with van der Waals surface area (Å²) < 4.78 is 5.28. The first kappa shape index (κ1) is 16.9. The molecule has 1 aromatic rings. The fraction of sp³-hybridized carbons (Fsp3) is 0.571. The molecule has 0 bridgehead atoms. The summed E-state index contributed by atoms with van der Waals surface area (Å²) in [6, 6.07) is 8.39. The van der Waals surface area contributed by atoms with E-state index in [4.69, 9.17) is 4.74 Å². The van der Waals surface area contributed by atoms with Gasteiger partial charge in [-0.2, -0.15) is 0 Å². The molecule has 144 valence electrons. The summed E-state index contributed by atoms with van der Waals surface area (Å²) in [4.78, 5) is 15.4. The third kappa shape index (κ3) is 2.46. The van der Waals surface area contributed by atoms with E-state index in [0.717, 1.165) is 43.2 Å². The van der Waals surface area contributed by atoms with E-state index >= 15 is 0 Å². The third-order valence-electron chi connectivity index (χ3n) is 6.91. The number of fused-ring (bicyclic) bond motifs is 2. The number of amides is 1. The number of likely N-dealkylation sites (tertiary alicyclic amines) is 1. The molecule has 2 saturated heterocycles. The van der Waals surface area contributed by atoms with Gasteiger partial charge in [-0.05, 0) is 50.3 Å². The molecular formula is C21H28N4O2. The van der Waals surface area contributed by atoms with Crippen molar-refractivity contribution < 1.29 is 9.53 Å². The van der Waals surface area contributed by atoms with Crippen molar-refractivity contribution >= 4 is 5.91 Å². The van der Waals surface area contributed by atoms with E-state index in [-0.39, 0.29) is 16.9 Å². The molecule has 1 aromatic carbocycles. The zero-order valence-corrected chi connectivity index (χ0v) is 16.3. The maximum atomic E-state index is 13.3. The number of hydrogen-bond donors (Lipinski definition) is 2. The van der Waals surface area contributed by atoms with Gasteiger partial charge in [-0.25, -0.2) is 5.43 Å². The first-order valence-corrected chi connectivity index (χ1v) is 9.89. The number of nitrogens with zero attached hydrogens (tertiary/aromatic N) is 2. The second-order valence-electron chi connectivity index (χ2n) is 8.96. The lowest BCUT2D eigenvalue weighted by Crippen LogP contribution is -2.55. The van der Waals surface area contributed by atoms with Crippen molar-refractivity contribution in [2.75, 3.05) is 33.3 Å². The normalized spacial score (nSPS) is 30.7. The lowest BCUT2D eigenvalue weighted by atomic mass is 9.95. The van der Waals surface area contributed by atoms with Gasteiger partial charge in [0.2, 0.25) is 0 Å². The van der Waals surface area contributed by atoms with Crippen LogP contribution in [-0.2, 0) is 10.2 Å². The van der Waals surface area contributed by atoms with Crippen LogP contribution in [0.1, 0.15) is 32.3 Å². The summed E-state index contributed by atoms with van der Waals surface area (Å²) in [7, 11) is 1.69. The minimum Gasteiger partial charge on any atom is -0.497 e. The summed E-state index contributed by atoms with van der Waals surface area (Å²) >= 11 is 0. The number of ether oxygens (including phenoxy) is 1. The quantitative estimate of drug-likeness (QED) is 0.849. The van der Waals surface area contributed by atoms with Gasteiger partial charge in [0.25, 0.3) is 5.91 Å². The Bertz CT molecular complexity index is 816. The van der Waals surface area contributed by atoms with Crippen LogP contribution in [0, 0.1) is 5.92 Å². The average Bonchev–Trinajstić information content (AvgIpc) is 3.03. The lowest BCUT2D eigenvalue weighted by molar-refractivity contribution is -0.126. The summed E-state index contributed by atoms with van der Waals surface area (Å²) in [5.41, 5.74) is 5.81. The number of nitrogens with one attached hydrogen (secondary N) is 2. The summed E-state index contributed by atoms with van der Waals surface area (Å²) in [6.45, 7) is 7.65. The fourth-order valence-electron chi connectivity index (χ4n) is 5.13. The maximum absolute atomic E-state index is 13.3. The molecule has 1 saturated carbocycles. The highest BCUT2D eigenvalue weighted by Crippen LogP contribution is 2.59. The van der Waals surface area contributed by atoms with Crippen molar-refractivity contribution in [2.24, 2.45) is 5.92 Å². The Hall–Kier alpha value is -2.21. The van der Waals surface area contributed by atoms with Crippen molar-refractivity contribution in [2.45, 2.75) is 37.6 Å². The van der Waals surface area contributed by atoms with E-state index < -0.39 is 0 Å². The van der Waals surface area contributed by atoms with E-state index in [1.54, 1.807) is 7.11 Å². The van der Waals surface area contributed by atoms with E-state index in [9.17, 15) is 4.79 Å². The number of methoxy groups -OCH3 is 1. The zero-order chi connectivity index (χ0) is 18.8. The average molecular weight is 368 g/mol. The zero-order valence-electron chi connectivity index (χ0n) is 16.3. The van der Waals surface area contributed by atoms with Crippen LogP contribution in [0.25, 0.3) is 0 Å². The van der Waals surface area contributed by atoms with Gasteiger partial charge in [-0.3, -0.25) is 9.80 Å². The van der Waals surface area contributed by atoms with Gasteiger partial charge in [0.1, 0.15) is 11.6 Å². The molecule has 5 rings (SSSR count). The van der Waals surface area contributed by atoms with Crippen LogP contribution >= 0.6 is 0 Å². The molecule has 3 heterocycles. The topological polar surface area (TPSA) is 56.8 Å². The van der Waals surface area contributed by atoms with Crippen LogP contribution < -0.4 is 15.5 Å². The highest BCUT2D eigenvalue weighted by atomic mass is 16.5. The molecule has 2 N–H and O–H groups in total. The minimum absolute atomic E-state index is 0.0279. The van der Waals surface area contributed by atoms with Crippen molar-refractivity contribution in [3.8, 4) is 5.75 Å². The number of rotatable bonds is 3. The fourth-order valence-corrected chi connectivity index (χ4v) is 5.13. The van der Waals surface area contributed by atoms with Crippen molar-refractivity contribution in [1.82, 2.24) is 20.7 Å². The van der Waals surface area contributed by atoms with Crippen molar-refractivity contribution in [3.05, 3.63) is 41.2 Å². The Balaban J connectivity index is 1.36. The molecule has 3 aliphatic heterocycles. The molecule has 1 amide bonds. The van der Waals surface area contributed by atoms with Gasteiger partial charge in [-0.15, -0.1) is 0 Å². The Morgan fingerprint density at radius 2 is 2.04 bits per heavy atom. The smallest absolute Gasteiger partial charge is 0.254 e. The number of carbonyl (C=O) groups is 1. The molecule has 6 nitrogen and oxygen atoms in total. The highest BCUT2D eigenvalue weighted by Gasteiger charge is 2.62. The van der Waals surface area contributed by atoms with Crippen LogP contribution in [0.2, 0.25) is 0 Å². The summed E-state index contributed by atoms with van der Waals surface area (Å²) in [5.74, 6) is 2.63. The first-order chi connectivity index (χ1) is 12.9. The predicted molar refractivity (Wildman–Crippen MR) is 103 cm³/mol. The highest BCUT2D eigenvalue weighted by molar-refractivity contribution is 5.95. The van der Waals surface area contributed by atoms with Crippen LogP contribution in [-0.4, -0.2) is 54.6 Å². The molecule has 1 aliphatic carbocycles. The monoisotopic (exact) mass is 368 g/mol. The Morgan fingerprint density at radius 1 is 1.26 bits per heavy atom. The number of hydrazine groups is 1. The van der Waals surface area contributed by atoms with Gasteiger partial charge in [0, 0.05) is 31.6 Å². The first-order valence-electron chi connectivity index (χ1n) is 9.89. The van der Waals surface area contributed by atoms with Gasteiger partial charge >= 0.3 is 0 Å². The Morgan fingerprint density at radius 3 is 2.78 bits per heavy atom. The van der Waals surface area contributed by atoms with Crippen LogP contribution in [0.5, 0.6) is 5.75 Å². The summed E-state index contributed by atoms with van der Waals surface area (Å²) in [6.07, 6.45) is 2.24. The molecule has 2 atom stereocenters. The van der Waals surface area contributed by atoms with Gasteiger partial charge in [0.15, 0.2) is 0 Å². The molecular weight excluding hydrogens is 340 g/mol. The van der Waals surface area contributed by atoms with Crippen molar-refractivity contribution in [3.63, 3.8) is 0 Å². The van der Waals surface area contributed by atoms with E-state index in [0.29, 0.717) is 12.5 Å². The molecule has 4 aliphatic rings. The number of piperidine rings is 1. The number of benzene rings is 1. The molecule has 27 heavy (non-hydrogen) atoms. The molecule has 2 unspecified atom stereocenters. The van der Waals surface area contributed by atoms with Crippen molar-refractivity contribution in [1.29, 1.82) is 0 Å². The number of hydrogen-bond acceptors (Lipinski definition) is 5. The molecule has 6 heteroatoms. The lowest BCUT2D eigenvalue weighted by Gasteiger charge is -2.43. The molecule has 0 aromatic heterocycles.